The lowest BCUT2D eigenvalue weighted by Crippen LogP contribution is -2.65. The number of carbonyl (C=O) groups is 2. The highest BCUT2D eigenvalue weighted by molar-refractivity contribution is 9.10. The van der Waals surface area contributed by atoms with E-state index in [2.05, 4.69) is 15.9 Å². The van der Waals surface area contributed by atoms with Crippen molar-refractivity contribution >= 4 is 28.5 Å². The fourth-order valence-corrected chi connectivity index (χ4v) is 2.92. The van der Waals surface area contributed by atoms with Crippen LogP contribution in [0.25, 0.3) is 0 Å². The zero-order chi connectivity index (χ0) is 16.8. The molecule has 1 saturated heterocycles. The van der Waals surface area contributed by atoms with Crippen molar-refractivity contribution in [1.82, 2.24) is 9.55 Å². The molecule has 10 nitrogen and oxygen atoms in total. The first-order valence-electron chi connectivity index (χ1n) is 5.87. The smallest absolute Gasteiger partial charge is 0.331 e. The molecule has 2 heterocycles. The first kappa shape index (κ1) is 16.7. The van der Waals surface area contributed by atoms with E-state index in [0.717, 1.165) is 12.3 Å². The number of aldehydes is 2. The van der Waals surface area contributed by atoms with Crippen molar-refractivity contribution < 1.29 is 29.6 Å². The summed E-state index contributed by atoms with van der Waals surface area (Å²) >= 11 is 2.65. The molecule has 0 unspecified atom stereocenters. The number of nitrogens with zero attached hydrogens (tertiary/aromatic N) is 1. The van der Waals surface area contributed by atoms with Gasteiger partial charge in [0.05, 0.1) is 6.61 Å². The van der Waals surface area contributed by atoms with Crippen molar-refractivity contribution in [3.05, 3.63) is 33.1 Å². The minimum absolute atomic E-state index is 0.0804. The number of nitrogens with one attached hydrogen (secondary N) is 1. The molecule has 0 amide bonds. The lowest BCUT2D eigenvalue weighted by atomic mass is 9.87. The van der Waals surface area contributed by atoms with Crippen molar-refractivity contribution in [1.29, 1.82) is 0 Å². The van der Waals surface area contributed by atoms with E-state index in [4.69, 9.17) is 4.74 Å². The van der Waals surface area contributed by atoms with E-state index in [1.165, 1.54) is 0 Å². The lowest BCUT2D eigenvalue weighted by molar-refractivity contribution is -0.189. The summed E-state index contributed by atoms with van der Waals surface area (Å²) in [6, 6.07) is 0.848. The quantitative estimate of drug-likeness (QED) is 0.314. The minimum atomic E-state index is -2.96. The van der Waals surface area contributed by atoms with E-state index in [1.54, 1.807) is 0 Å². The second kappa shape index (κ2) is 5.21. The Morgan fingerprint density at radius 3 is 2.45 bits per heavy atom. The molecule has 4 atom stereocenters. The van der Waals surface area contributed by atoms with Crippen molar-refractivity contribution in [2.45, 2.75) is 21.9 Å². The number of rotatable bonds is 4. The van der Waals surface area contributed by atoms with Gasteiger partial charge in [0.25, 0.3) is 5.56 Å². The average molecular weight is 379 g/mol. The van der Waals surface area contributed by atoms with Gasteiger partial charge in [0.15, 0.2) is 17.1 Å². The normalized spacial score (nSPS) is 37.9. The fraction of sp³-hybridized carbons (Fsp3) is 0.455. The Labute approximate surface area is 130 Å². The zero-order valence-corrected chi connectivity index (χ0v) is 12.4. The number of ether oxygens (including phenoxy) is 1. The number of aliphatic hydroxyl groups excluding tert-OH is 1. The fourth-order valence-electron chi connectivity index (χ4n) is 2.30. The second-order valence-corrected chi connectivity index (χ2v) is 5.85. The van der Waals surface area contributed by atoms with Crippen LogP contribution in [0.5, 0.6) is 0 Å². The van der Waals surface area contributed by atoms with Crippen molar-refractivity contribution in [2.75, 3.05) is 6.61 Å². The van der Waals surface area contributed by atoms with E-state index in [0.29, 0.717) is 4.57 Å². The molecular formula is C11H11BrN2O8. The number of halogens is 1. The summed E-state index contributed by atoms with van der Waals surface area (Å²) < 4.78 is 3.00. The van der Waals surface area contributed by atoms with Gasteiger partial charge in [-0.3, -0.25) is 23.9 Å². The van der Waals surface area contributed by atoms with Crippen molar-refractivity contribution in [3.8, 4) is 0 Å². The highest BCUT2D eigenvalue weighted by Gasteiger charge is 2.74. The summed E-state index contributed by atoms with van der Waals surface area (Å²) in [5.74, 6) is 0. The molecule has 0 bridgehead atoms. The van der Waals surface area contributed by atoms with E-state index >= 15 is 0 Å². The molecule has 0 aliphatic carbocycles. The summed E-state index contributed by atoms with van der Waals surface area (Å²) in [7, 11) is 0. The topological polar surface area (TPSA) is 159 Å². The number of aliphatic hydroxyl groups is 3. The van der Waals surface area contributed by atoms with Crippen LogP contribution in [0, 0.1) is 0 Å². The maximum Gasteiger partial charge on any atom is 0.331 e. The third-order valence-electron chi connectivity index (χ3n) is 3.51. The SMILES string of the molecule is O=C[C@@]1(O)[C@@](O)(Br)[C@@H](CO)O[C@@]1(C=O)n1ccc(=O)[nH]c1=O. The molecule has 11 heteroatoms. The van der Waals surface area contributed by atoms with Crippen LogP contribution in [0.4, 0.5) is 0 Å². The maximum atomic E-state index is 11.9. The van der Waals surface area contributed by atoms with E-state index in [1.807, 2.05) is 4.98 Å². The summed E-state index contributed by atoms with van der Waals surface area (Å²) in [4.78, 5) is 47.8. The Morgan fingerprint density at radius 2 is 2.00 bits per heavy atom. The van der Waals surface area contributed by atoms with Crippen LogP contribution in [0.3, 0.4) is 0 Å². The Balaban J connectivity index is 2.82. The van der Waals surface area contributed by atoms with Gasteiger partial charge in [-0.05, 0) is 15.9 Å². The molecule has 1 aliphatic heterocycles. The molecule has 4 N–H and O–H groups in total. The minimum Gasteiger partial charge on any atom is -0.394 e. The molecule has 0 saturated carbocycles. The number of alkyl halides is 1. The molecule has 1 fully saturated rings. The van der Waals surface area contributed by atoms with Crippen LogP contribution >= 0.6 is 15.9 Å². The van der Waals surface area contributed by atoms with Crippen molar-refractivity contribution in [3.63, 3.8) is 0 Å². The number of carbonyl (C=O) groups excluding carboxylic acids is 2. The number of hydrogen-bond acceptors (Lipinski definition) is 8. The number of hydrogen-bond donors (Lipinski definition) is 4. The van der Waals surface area contributed by atoms with E-state index in [9.17, 15) is 34.5 Å². The molecule has 0 aromatic carbocycles. The monoisotopic (exact) mass is 378 g/mol. The van der Waals surface area contributed by atoms with Gasteiger partial charge in [0, 0.05) is 12.3 Å². The molecular weight excluding hydrogens is 368 g/mol. The Kier molecular flexibility index (Phi) is 3.96. The largest absolute Gasteiger partial charge is 0.394 e. The predicted molar refractivity (Wildman–Crippen MR) is 72.2 cm³/mol. The van der Waals surface area contributed by atoms with E-state index in [-0.39, 0.29) is 12.6 Å². The van der Waals surface area contributed by atoms with Gasteiger partial charge in [-0.2, -0.15) is 0 Å². The van der Waals surface area contributed by atoms with Gasteiger partial charge >= 0.3 is 5.69 Å². The second-order valence-electron chi connectivity index (χ2n) is 4.64. The van der Waals surface area contributed by atoms with Crippen molar-refractivity contribution in [2.24, 2.45) is 0 Å². The van der Waals surface area contributed by atoms with Crippen LogP contribution < -0.4 is 11.2 Å². The molecule has 0 radical (unpaired) electrons. The average Bonchev–Trinajstić information content (AvgIpc) is 2.65. The summed E-state index contributed by atoms with van der Waals surface area (Å²) in [5, 5.41) is 30.0. The molecule has 1 aromatic heterocycles. The van der Waals surface area contributed by atoms with Gasteiger partial charge in [-0.1, -0.05) is 0 Å². The van der Waals surface area contributed by atoms with Gasteiger partial charge < -0.3 is 20.1 Å². The molecule has 22 heavy (non-hydrogen) atoms. The predicted octanol–water partition coefficient (Wildman–Crippen LogP) is -3.21. The van der Waals surface area contributed by atoms with Crippen LogP contribution in [-0.4, -0.2) is 60.3 Å². The molecule has 0 spiro atoms. The summed E-state index contributed by atoms with van der Waals surface area (Å²) in [6.45, 7) is -0.883. The Hall–Kier alpha value is -1.66. The zero-order valence-electron chi connectivity index (χ0n) is 10.8. The standard InChI is InChI=1S/C11H11BrN2O8/c12-11(21)6(3-15)22-10(5-17,9(11,20)4-16)14-2-1-7(18)13-8(14)19/h1-2,4-6,15,20-21H,3H2,(H,13,18,19)/t6-,9+,10-,11-/m1/s1. The first-order valence-corrected chi connectivity index (χ1v) is 6.67. The van der Waals surface area contributed by atoms with Crippen LogP contribution in [0.15, 0.2) is 21.9 Å². The van der Waals surface area contributed by atoms with Crippen LogP contribution in [0.1, 0.15) is 0 Å². The van der Waals surface area contributed by atoms with Gasteiger partial charge in [-0.25, -0.2) is 4.79 Å². The highest BCUT2D eigenvalue weighted by atomic mass is 79.9. The van der Waals surface area contributed by atoms with E-state index < -0.39 is 39.8 Å². The number of aromatic amines is 1. The molecule has 2 rings (SSSR count). The number of aromatic nitrogens is 2. The first-order chi connectivity index (χ1) is 10.2. The molecule has 1 aromatic rings. The summed E-state index contributed by atoms with van der Waals surface area (Å²) in [6.07, 6.45) is -1.08. The third kappa shape index (κ3) is 1.87. The Bertz CT molecular complexity index is 727. The Morgan fingerprint density at radius 1 is 1.36 bits per heavy atom. The van der Waals surface area contributed by atoms with Crippen LogP contribution in [0.2, 0.25) is 0 Å². The highest BCUT2D eigenvalue weighted by Crippen LogP contribution is 2.50. The molecule has 1 aliphatic rings. The van der Waals surface area contributed by atoms with Crippen LogP contribution in [-0.2, 0) is 20.1 Å². The maximum absolute atomic E-state index is 11.9. The lowest BCUT2D eigenvalue weighted by Gasteiger charge is -2.37. The molecule has 120 valence electrons. The van der Waals surface area contributed by atoms with Gasteiger partial charge in [0.2, 0.25) is 11.3 Å². The summed E-state index contributed by atoms with van der Waals surface area (Å²) in [5.41, 5.74) is -7.61. The third-order valence-corrected chi connectivity index (χ3v) is 4.62. The number of H-pyrrole nitrogens is 1. The van der Waals surface area contributed by atoms with Gasteiger partial charge in [-0.15, -0.1) is 0 Å². The van der Waals surface area contributed by atoms with Gasteiger partial charge in [0.1, 0.15) is 6.10 Å².